The van der Waals surface area contributed by atoms with Crippen LogP contribution in [0.1, 0.15) is 12.5 Å². The minimum atomic E-state index is -0.978. The van der Waals surface area contributed by atoms with Gasteiger partial charge in [-0.2, -0.15) is 0 Å². The number of nitrogens with zero attached hydrogens (tertiary/aromatic N) is 1. The van der Waals surface area contributed by atoms with Crippen molar-refractivity contribution >= 4 is 23.6 Å². The zero-order valence-corrected chi connectivity index (χ0v) is 11.9. The highest BCUT2D eigenvalue weighted by Crippen LogP contribution is 2.14. The molecule has 1 aromatic rings. The van der Waals surface area contributed by atoms with E-state index in [4.69, 9.17) is 16.7 Å². The molecule has 1 aromatic carbocycles. The standard InChI is InChI=1S/C13H16ClFN2O3/c1-8(12(18)19)7-17(2)13(20)16-6-9-3-4-10(14)5-11(9)15/h3-5,8H,6-7H2,1-2H3,(H,16,20)(H,18,19). The lowest BCUT2D eigenvalue weighted by Gasteiger charge is -2.20. The van der Waals surface area contributed by atoms with Gasteiger partial charge in [0.25, 0.3) is 0 Å². The minimum Gasteiger partial charge on any atom is -0.481 e. The van der Waals surface area contributed by atoms with Crippen molar-refractivity contribution in [3.63, 3.8) is 0 Å². The summed E-state index contributed by atoms with van der Waals surface area (Å²) in [7, 11) is 1.48. The lowest BCUT2D eigenvalue weighted by atomic mass is 10.2. The molecule has 0 radical (unpaired) electrons. The van der Waals surface area contributed by atoms with Gasteiger partial charge in [-0.15, -0.1) is 0 Å². The average Bonchev–Trinajstić information content (AvgIpc) is 2.37. The van der Waals surface area contributed by atoms with Crippen molar-refractivity contribution in [2.24, 2.45) is 5.92 Å². The van der Waals surface area contributed by atoms with Gasteiger partial charge in [0.2, 0.25) is 0 Å². The van der Waals surface area contributed by atoms with Gasteiger partial charge in [0.1, 0.15) is 5.82 Å². The van der Waals surface area contributed by atoms with Crippen molar-refractivity contribution in [3.8, 4) is 0 Å². The van der Waals surface area contributed by atoms with E-state index in [9.17, 15) is 14.0 Å². The number of benzene rings is 1. The van der Waals surface area contributed by atoms with E-state index >= 15 is 0 Å². The van der Waals surface area contributed by atoms with E-state index in [0.717, 1.165) is 0 Å². The van der Waals surface area contributed by atoms with Crippen LogP contribution in [-0.4, -0.2) is 35.6 Å². The van der Waals surface area contributed by atoms with Gasteiger partial charge in [0.05, 0.1) is 5.92 Å². The number of amides is 2. The third kappa shape index (κ3) is 4.70. The Kier molecular flexibility index (Phi) is 5.76. The first kappa shape index (κ1) is 16.2. The SMILES string of the molecule is CC(CN(C)C(=O)NCc1ccc(Cl)cc1F)C(=O)O. The molecule has 0 saturated carbocycles. The Morgan fingerprint density at radius 2 is 2.15 bits per heavy atom. The van der Waals surface area contributed by atoms with Crippen LogP contribution in [0.15, 0.2) is 18.2 Å². The summed E-state index contributed by atoms with van der Waals surface area (Å²) in [6, 6.07) is 3.71. The Morgan fingerprint density at radius 3 is 2.70 bits per heavy atom. The molecule has 0 fully saturated rings. The minimum absolute atomic E-state index is 0.00757. The number of nitrogens with one attached hydrogen (secondary N) is 1. The quantitative estimate of drug-likeness (QED) is 0.877. The Labute approximate surface area is 121 Å². The van der Waals surface area contributed by atoms with Crippen molar-refractivity contribution in [2.75, 3.05) is 13.6 Å². The fourth-order valence-electron chi connectivity index (χ4n) is 1.54. The van der Waals surface area contributed by atoms with Gasteiger partial charge in [0, 0.05) is 30.7 Å². The molecule has 0 bridgehead atoms. The van der Waals surface area contributed by atoms with E-state index in [-0.39, 0.29) is 18.1 Å². The smallest absolute Gasteiger partial charge is 0.317 e. The van der Waals surface area contributed by atoms with Gasteiger partial charge in [-0.1, -0.05) is 24.6 Å². The first-order valence-corrected chi connectivity index (χ1v) is 6.34. The maximum atomic E-state index is 13.5. The molecule has 1 atom stereocenters. The number of halogens is 2. The van der Waals surface area contributed by atoms with Crippen LogP contribution in [0.4, 0.5) is 9.18 Å². The van der Waals surface area contributed by atoms with E-state index in [1.807, 2.05) is 0 Å². The van der Waals surface area contributed by atoms with Crippen molar-refractivity contribution in [1.82, 2.24) is 10.2 Å². The predicted molar refractivity (Wildman–Crippen MR) is 73.1 cm³/mol. The molecule has 0 saturated heterocycles. The molecule has 0 heterocycles. The lowest BCUT2D eigenvalue weighted by Crippen LogP contribution is -2.40. The van der Waals surface area contributed by atoms with Crippen LogP contribution in [0.25, 0.3) is 0 Å². The molecular weight excluding hydrogens is 287 g/mol. The molecular formula is C13H16ClFN2O3. The second-order valence-electron chi connectivity index (χ2n) is 4.51. The number of hydrogen-bond donors (Lipinski definition) is 2. The van der Waals surface area contributed by atoms with Crippen LogP contribution in [0.2, 0.25) is 5.02 Å². The summed E-state index contributed by atoms with van der Waals surface area (Å²) in [4.78, 5) is 23.7. The molecule has 0 aliphatic rings. The van der Waals surface area contributed by atoms with Crippen LogP contribution < -0.4 is 5.32 Å². The Balaban J connectivity index is 2.52. The Hall–Kier alpha value is -1.82. The lowest BCUT2D eigenvalue weighted by molar-refractivity contribution is -0.141. The number of carbonyl (C=O) groups is 2. The molecule has 20 heavy (non-hydrogen) atoms. The van der Waals surface area contributed by atoms with E-state index in [1.54, 1.807) is 0 Å². The number of aliphatic carboxylic acids is 1. The number of urea groups is 1. The first-order valence-electron chi connectivity index (χ1n) is 5.97. The largest absolute Gasteiger partial charge is 0.481 e. The number of carboxylic acid groups (broad SMARTS) is 1. The normalized spacial score (nSPS) is 11.8. The van der Waals surface area contributed by atoms with E-state index < -0.39 is 23.7 Å². The topological polar surface area (TPSA) is 69.6 Å². The molecule has 5 nitrogen and oxygen atoms in total. The maximum Gasteiger partial charge on any atom is 0.317 e. The van der Waals surface area contributed by atoms with Crippen molar-refractivity contribution < 1.29 is 19.1 Å². The van der Waals surface area contributed by atoms with Crippen molar-refractivity contribution in [3.05, 3.63) is 34.6 Å². The summed E-state index contributed by atoms with van der Waals surface area (Å²) in [5.74, 6) is -2.15. The van der Waals surface area contributed by atoms with Gasteiger partial charge in [-0.3, -0.25) is 4.79 Å². The fraction of sp³-hybridized carbons (Fsp3) is 0.385. The summed E-state index contributed by atoms with van der Waals surface area (Å²) in [6.45, 7) is 1.59. The molecule has 0 spiro atoms. The molecule has 2 amide bonds. The van der Waals surface area contributed by atoms with Crippen LogP contribution in [-0.2, 0) is 11.3 Å². The summed E-state index contributed by atoms with van der Waals surface area (Å²) in [6.07, 6.45) is 0. The summed E-state index contributed by atoms with van der Waals surface area (Å²) < 4.78 is 13.5. The van der Waals surface area contributed by atoms with Crippen LogP contribution >= 0.6 is 11.6 Å². The Morgan fingerprint density at radius 1 is 1.50 bits per heavy atom. The first-order chi connectivity index (χ1) is 9.31. The summed E-state index contributed by atoms with van der Waals surface area (Å²) in [5, 5.41) is 11.6. The van der Waals surface area contributed by atoms with Crippen LogP contribution in [0.3, 0.4) is 0 Å². The molecule has 1 rings (SSSR count). The summed E-state index contributed by atoms with van der Waals surface area (Å²) in [5.41, 5.74) is 0.308. The second-order valence-corrected chi connectivity index (χ2v) is 4.95. The third-order valence-electron chi connectivity index (χ3n) is 2.76. The highest BCUT2D eigenvalue weighted by atomic mass is 35.5. The molecule has 0 aliphatic heterocycles. The van der Waals surface area contributed by atoms with Gasteiger partial charge >= 0.3 is 12.0 Å². The zero-order chi connectivity index (χ0) is 15.3. The number of carbonyl (C=O) groups excluding carboxylic acids is 1. The third-order valence-corrected chi connectivity index (χ3v) is 3.00. The summed E-state index contributed by atoms with van der Waals surface area (Å²) >= 11 is 5.63. The number of carboxylic acids is 1. The van der Waals surface area contributed by atoms with Crippen molar-refractivity contribution in [2.45, 2.75) is 13.5 Å². The number of hydrogen-bond acceptors (Lipinski definition) is 2. The van der Waals surface area contributed by atoms with Gasteiger partial charge in [0.15, 0.2) is 0 Å². The monoisotopic (exact) mass is 302 g/mol. The van der Waals surface area contributed by atoms with E-state index in [0.29, 0.717) is 5.56 Å². The highest BCUT2D eigenvalue weighted by molar-refractivity contribution is 6.30. The molecule has 110 valence electrons. The molecule has 0 aromatic heterocycles. The Bertz CT molecular complexity index is 510. The van der Waals surface area contributed by atoms with Gasteiger partial charge in [-0.25, -0.2) is 9.18 Å². The maximum absolute atomic E-state index is 13.5. The van der Waals surface area contributed by atoms with Gasteiger partial charge < -0.3 is 15.3 Å². The molecule has 1 unspecified atom stereocenters. The predicted octanol–water partition coefficient (Wildman–Crippen LogP) is 2.34. The van der Waals surface area contributed by atoms with Crippen LogP contribution in [0, 0.1) is 11.7 Å². The van der Waals surface area contributed by atoms with E-state index in [1.165, 1.54) is 37.1 Å². The van der Waals surface area contributed by atoms with Crippen LogP contribution in [0.5, 0.6) is 0 Å². The van der Waals surface area contributed by atoms with Crippen molar-refractivity contribution in [1.29, 1.82) is 0 Å². The highest BCUT2D eigenvalue weighted by Gasteiger charge is 2.17. The molecule has 7 heteroatoms. The molecule has 2 N–H and O–H groups in total. The second kappa shape index (κ2) is 7.09. The zero-order valence-electron chi connectivity index (χ0n) is 11.2. The molecule has 0 aliphatic carbocycles. The van der Waals surface area contributed by atoms with Gasteiger partial charge in [-0.05, 0) is 12.1 Å². The number of rotatable bonds is 5. The van der Waals surface area contributed by atoms with E-state index in [2.05, 4.69) is 5.32 Å². The average molecular weight is 303 g/mol. The fourth-order valence-corrected chi connectivity index (χ4v) is 1.70.